The topological polar surface area (TPSA) is 43.7 Å². The fraction of sp³-hybridized carbons (Fsp3) is 1.00. The number of halogens is 3. The Morgan fingerprint density at radius 2 is 1.79 bits per heavy atom. The minimum atomic E-state index is -4.56. The summed E-state index contributed by atoms with van der Waals surface area (Å²) in [6.07, 6.45) is -1.91. The maximum Gasteiger partial charge on any atom is 0.415 e. The molecule has 6 heteroatoms. The van der Waals surface area contributed by atoms with Crippen molar-refractivity contribution in [1.29, 1.82) is 0 Å². The van der Waals surface area contributed by atoms with Crippen molar-refractivity contribution in [2.24, 2.45) is 5.92 Å². The molecular formula is C13H22F3NO2. The molecule has 2 N–H and O–H groups in total. The van der Waals surface area contributed by atoms with Crippen LogP contribution < -0.4 is 0 Å². The van der Waals surface area contributed by atoms with Crippen molar-refractivity contribution in [2.75, 3.05) is 13.1 Å². The third kappa shape index (κ3) is 3.61. The number of hydrogen-bond donors (Lipinski definition) is 2. The highest BCUT2D eigenvalue weighted by atomic mass is 19.4. The number of rotatable bonds is 3. The Hall–Kier alpha value is -0.330. The van der Waals surface area contributed by atoms with Gasteiger partial charge < -0.3 is 10.2 Å². The molecule has 0 aromatic carbocycles. The number of hydrogen-bond acceptors (Lipinski definition) is 3. The second-order valence-corrected chi connectivity index (χ2v) is 5.78. The molecule has 2 rings (SSSR count). The van der Waals surface area contributed by atoms with Crippen molar-refractivity contribution in [3.8, 4) is 0 Å². The average Bonchev–Trinajstić information content (AvgIpc) is 2.76. The van der Waals surface area contributed by atoms with Crippen molar-refractivity contribution in [1.82, 2.24) is 4.90 Å². The smallest absolute Gasteiger partial charge is 0.393 e. The van der Waals surface area contributed by atoms with E-state index < -0.39 is 18.4 Å². The first-order valence-electron chi connectivity index (χ1n) is 7.06. The number of aliphatic hydroxyl groups excluding tert-OH is 2. The summed E-state index contributed by atoms with van der Waals surface area (Å²) < 4.78 is 37.3. The average molecular weight is 281 g/mol. The van der Waals surface area contributed by atoms with E-state index in [0.29, 0.717) is 6.54 Å². The Kier molecular flexibility index (Phi) is 4.74. The number of β-amino-alcohol motifs (C(OH)–C–C–N with tert-alkyl or cyclic N) is 1. The molecule has 1 aliphatic carbocycles. The van der Waals surface area contributed by atoms with Crippen LogP contribution in [0.2, 0.25) is 0 Å². The lowest BCUT2D eigenvalue weighted by atomic mass is 9.80. The van der Waals surface area contributed by atoms with Crippen molar-refractivity contribution < 1.29 is 23.4 Å². The van der Waals surface area contributed by atoms with Crippen molar-refractivity contribution in [3.05, 3.63) is 0 Å². The fourth-order valence-corrected chi connectivity index (χ4v) is 3.48. The highest BCUT2D eigenvalue weighted by Crippen LogP contribution is 2.35. The van der Waals surface area contributed by atoms with Crippen LogP contribution in [0.4, 0.5) is 13.2 Å². The molecule has 19 heavy (non-hydrogen) atoms. The van der Waals surface area contributed by atoms with Crippen molar-refractivity contribution in [2.45, 2.75) is 63.0 Å². The third-order valence-electron chi connectivity index (χ3n) is 4.48. The van der Waals surface area contributed by atoms with Crippen molar-refractivity contribution >= 4 is 0 Å². The maximum absolute atomic E-state index is 12.4. The molecule has 1 saturated heterocycles. The molecule has 0 bridgehead atoms. The Balaban J connectivity index is 1.96. The minimum absolute atomic E-state index is 0.00713. The van der Waals surface area contributed by atoms with Crippen LogP contribution >= 0.6 is 0 Å². The second kappa shape index (κ2) is 5.97. The van der Waals surface area contributed by atoms with Crippen LogP contribution in [-0.4, -0.2) is 52.6 Å². The molecule has 1 heterocycles. The van der Waals surface area contributed by atoms with E-state index in [9.17, 15) is 23.4 Å². The highest BCUT2D eigenvalue weighted by molar-refractivity contribution is 4.91. The number of alkyl halides is 3. The van der Waals surface area contributed by atoms with Gasteiger partial charge >= 0.3 is 6.18 Å². The highest BCUT2D eigenvalue weighted by Gasteiger charge is 2.43. The molecular weight excluding hydrogens is 259 g/mol. The number of likely N-dealkylation sites (tertiary alicyclic amines) is 1. The van der Waals surface area contributed by atoms with E-state index >= 15 is 0 Å². The molecule has 3 nitrogen and oxygen atoms in total. The van der Waals surface area contributed by atoms with E-state index in [4.69, 9.17) is 0 Å². The monoisotopic (exact) mass is 281 g/mol. The molecule has 112 valence electrons. The van der Waals surface area contributed by atoms with Gasteiger partial charge in [0.1, 0.15) is 0 Å². The first-order chi connectivity index (χ1) is 8.89. The molecule has 2 aliphatic rings. The van der Waals surface area contributed by atoms with Gasteiger partial charge in [0.2, 0.25) is 0 Å². The standard InChI is InChI=1S/C13H22F3NO2/c14-13(15,16)12(19)8-17-7-3-5-10(17)9-4-1-2-6-11(9)18/h9-12,18-19H,1-8H2. The maximum atomic E-state index is 12.4. The summed E-state index contributed by atoms with van der Waals surface area (Å²) in [7, 11) is 0. The van der Waals surface area contributed by atoms with E-state index in [-0.39, 0.29) is 18.5 Å². The summed E-state index contributed by atoms with van der Waals surface area (Å²) in [5.74, 6) is 0.0664. The lowest BCUT2D eigenvalue weighted by molar-refractivity contribution is -0.209. The van der Waals surface area contributed by atoms with Crippen LogP contribution in [0.3, 0.4) is 0 Å². The summed E-state index contributed by atoms with van der Waals surface area (Å²) in [5.41, 5.74) is 0. The van der Waals surface area contributed by atoms with Gasteiger partial charge in [-0.05, 0) is 32.2 Å². The van der Waals surface area contributed by atoms with Crippen LogP contribution in [-0.2, 0) is 0 Å². The molecule has 1 saturated carbocycles. The Bertz CT molecular complexity index is 298. The van der Waals surface area contributed by atoms with E-state index in [0.717, 1.165) is 38.5 Å². The summed E-state index contributed by atoms with van der Waals surface area (Å²) in [4.78, 5) is 1.72. The van der Waals surface area contributed by atoms with Gasteiger partial charge in [0, 0.05) is 18.5 Å². The second-order valence-electron chi connectivity index (χ2n) is 5.78. The lowest BCUT2D eigenvalue weighted by Gasteiger charge is -2.38. The number of aliphatic hydroxyl groups is 2. The lowest BCUT2D eigenvalue weighted by Crippen LogP contribution is -2.48. The molecule has 0 radical (unpaired) electrons. The first-order valence-corrected chi connectivity index (χ1v) is 7.06. The van der Waals surface area contributed by atoms with E-state index in [2.05, 4.69) is 0 Å². The summed E-state index contributed by atoms with van der Waals surface area (Å²) in [6.45, 7) is 0.221. The molecule has 0 spiro atoms. The predicted molar refractivity (Wildman–Crippen MR) is 64.6 cm³/mol. The van der Waals surface area contributed by atoms with Gasteiger partial charge in [0.05, 0.1) is 6.10 Å². The Morgan fingerprint density at radius 1 is 1.11 bits per heavy atom. The molecule has 0 amide bonds. The van der Waals surface area contributed by atoms with Gasteiger partial charge in [-0.15, -0.1) is 0 Å². The third-order valence-corrected chi connectivity index (χ3v) is 4.48. The van der Waals surface area contributed by atoms with E-state index in [1.807, 2.05) is 0 Å². The van der Waals surface area contributed by atoms with E-state index in [1.54, 1.807) is 4.90 Å². The van der Waals surface area contributed by atoms with Crippen LogP contribution in [0.25, 0.3) is 0 Å². The Labute approximate surface area is 111 Å². The van der Waals surface area contributed by atoms with Crippen LogP contribution in [0.1, 0.15) is 38.5 Å². The van der Waals surface area contributed by atoms with Gasteiger partial charge in [-0.2, -0.15) is 13.2 Å². The quantitative estimate of drug-likeness (QED) is 0.830. The van der Waals surface area contributed by atoms with Gasteiger partial charge in [-0.3, -0.25) is 4.90 Å². The normalized spacial score (nSPS) is 35.5. The van der Waals surface area contributed by atoms with Gasteiger partial charge in [-0.1, -0.05) is 12.8 Å². The number of nitrogens with zero attached hydrogens (tertiary/aromatic N) is 1. The Morgan fingerprint density at radius 3 is 2.42 bits per heavy atom. The zero-order valence-electron chi connectivity index (χ0n) is 10.9. The van der Waals surface area contributed by atoms with Gasteiger partial charge in [0.25, 0.3) is 0 Å². The molecule has 1 aliphatic heterocycles. The summed E-state index contributed by atoms with van der Waals surface area (Å²) in [5, 5.41) is 19.2. The van der Waals surface area contributed by atoms with Crippen LogP contribution in [0.15, 0.2) is 0 Å². The van der Waals surface area contributed by atoms with Crippen molar-refractivity contribution in [3.63, 3.8) is 0 Å². The fourth-order valence-electron chi connectivity index (χ4n) is 3.48. The molecule has 0 aromatic heterocycles. The zero-order chi connectivity index (χ0) is 14.0. The van der Waals surface area contributed by atoms with E-state index in [1.165, 1.54) is 0 Å². The predicted octanol–water partition coefficient (Wildman–Crippen LogP) is 1.93. The first kappa shape index (κ1) is 15.1. The molecule has 0 aromatic rings. The van der Waals surface area contributed by atoms with Gasteiger partial charge in [-0.25, -0.2) is 0 Å². The molecule has 4 unspecified atom stereocenters. The summed E-state index contributed by atoms with van der Waals surface area (Å²) >= 11 is 0. The largest absolute Gasteiger partial charge is 0.415 e. The SMILES string of the molecule is OC1CCCCC1C1CCCN1CC(O)C(F)(F)F. The van der Waals surface area contributed by atoms with Crippen LogP contribution in [0.5, 0.6) is 0 Å². The molecule has 2 fully saturated rings. The minimum Gasteiger partial charge on any atom is -0.393 e. The van der Waals surface area contributed by atoms with Gasteiger partial charge in [0.15, 0.2) is 6.10 Å². The zero-order valence-corrected chi connectivity index (χ0v) is 10.9. The van der Waals surface area contributed by atoms with Crippen LogP contribution in [0, 0.1) is 5.92 Å². The molecule has 4 atom stereocenters. The summed E-state index contributed by atoms with van der Waals surface area (Å²) in [6, 6.07) is -0.00713.